The summed E-state index contributed by atoms with van der Waals surface area (Å²) in [6.45, 7) is 2.30. The molecule has 1 aromatic heterocycles. The second-order valence-electron chi connectivity index (χ2n) is 8.20. The predicted octanol–water partition coefficient (Wildman–Crippen LogP) is 0.984. The molecule has 1 saturated heterocycles. The van der Waals surface area contributed by atoms with E-state index in [1.165, 1.54) is 20.1 Å². The number of hydrogen-bond acceptors (Lipinski definition) is 6. The number of likely N-dealkylation sites (tertiary alicyclic amines) is 1. The number of nitrogens with one attached hydrogen (secondary N) is 2. The van der Waals surface area contributed by atoms with Gasteiger partial charge in [-0.05, 0) is 43.4 Å². The summed E-state index contributed by atoms with van der Waals surface area (Å²) in [4.78, 5) is 32.4. The molecule has 180 valence electrons. The van der Waals surface area contributed by atoms with Crippen molar-refractivity contribution in [1.82, 2.24) is 24.7 Å². The number of aryl methyl sites for hydroxylation is 2. The number of halogens is 1. The van der Waals surface area contributed by atoms with Crippen molar-refractivity contribution in [3.8, 4) is 11.3 Å². The van der Waals surface area contributed by atoms with Gasteiger partial charge in [0.05, 0.1) is 23.3 Å². The quantitative estimate of drug-likeness (QED) is 0.542. The average Bonchev–Trinajstić information content (AvgIpc) is 3.20. The van der Waals surface area contributed by atoms with E-state index in [1.807, 2.05) is 4.83 Å². The molecule has 2 heterocycles. The van der Waals surface area contributed by atoms with Gasteiger partial charge in [-0.25, -0.2) is 17.8 Å². The fraction of sp³-hybridized carbons (Fsp3) is 0.476. The molecule has 0 radical (unpaired) electrons. The molecule has 12 heteroatoms. The van der Waals surface area contributed by atoms with E-state index >= 15 is 0 Å². The van der Waals surface area contributed by atoms with E-state index in [9.17, 15) is 22.4 Å². The first kappa shape index (κ1) is 24.8. The lowest BCUT2D eigenvalue weighted by Crippen LogP contribution is -2.47. The number of amides is 2. The van der Waals surface area contributed by atoms with Gasteiger partial charge in [-0.2, -0.15) is 0 Å². The number of sulfonamides is 1. The number of hydrogen-bond donors (Lipinski definition) is 2. The minimum Gasteiger partial charge on any atom is -0.375 e. The van der Waals surface area contributed by atoms with Crippen molar-refractivity contribution in [2.45, 2.75) is 19.8 Å². The molecule has 10 nitrogen and oxygen atoms in total. The summed E-state index contributed by atoms with van der Waals surface area (Å²) >= 11 is 0. The highest BCUT2D eigenvalue weighted by molar-refractivity contribution is 7.89. The van der Waals surface area contributed by atoms with Crippen LogP contribution in [0.4, 0.5) is 4.39 Å². The van der Waals surface area contributed by atoms with Crippen molar-refractivity contribution < 1.29 is 27.1 Å². The molecule has 0 spiro atoms. The molecular weight excluding hydrogens is 453 g/mol. The van der Waals surface area contributed by atoms with E-state index in [0.29, 0.717) is 30.6 Å². The third kappa shape index (κ3) is 6.36. The molecule has 0 aliphatic carbocycles. The average molecular weight is 482 g/mol. The Bertz CT molecular complexity index is 1130. The number of ether oxygens (including phenoxy) is 1. The van der Waals surface area contributed by atoms with Crippen molar-refractivity contribution in [2.75, 3.05) is 32.6 Å². The second-order valence-corrected chi connectivity index (χ2v) is 9.96. The largest absolute Gasteiger partial charge is 0.375 e. The van der Waals surface area contributed by atoms with Crippen LogP contribution in [0.15, 0.2) is 24.7 Å². The number of carbonyl (C=O) groups excluding carboxylic acids is 2. The fourth-order valence-corrected chi connectivity index (χ4v) is 5.05. The summed E-state index contributed by atoms with van der Waals surface area (Å²) in [5, 5.41) is 0. The van der Waals surface area contributed by atoms with Gasteiger partial charge >= 0.3 is 0 Å². The normalized spacial score (nSPS) is 16.6. The number of rotatable bonds is 8. The SMILES string of the molecule is COCC(=O)N1CCCC(CS(=O)(=O)NNC(=O)c2cc(-c3cn(C)cn3)cc(C)c2F)C1. The lowest BCUT2D eigenvalue weighted by Gasteiger charge is -2.32. The Balaban J connectivity index is 1.65. The van der Waals surface area contributed by atoms with E-state index in [0.717, 1.165) is 0 Å². The number of piperidine rings is 1. The highest BCUT2D eigenvalue weighted by Gasteiger charge is 2.28. The standard InChI is InChI=1S/C21H28FN5O5S/c1-14-7-16(18-10-26(2)13-23-18)8-17(20(14)22)21(29)24-25-33(30,31)12-15-5-4-6-27(9-15)19(28)11-32-3/h7-8,10,13,15,25H,4-6,9,11-12H2,1-3H3,(H,24,29). The Hall–Kier alpha value is -2.83. The van der Waals surface area contributed by atoms with Crippen LogP contribution in [0.1, 0.15) is 28.8 Å². The molecule has 2 aromatic rings. The van der Waals surface area contributed by atoms with Crippen LogP contribution in [-0.4, -0.2) is 67.2 Å². The van der Waals surface area contributed by atoms with E-state index in [-0.39, 0.29) is 41.9 Å². The van der Waals surface area contributed by atoms with Crippen molar-refractivity contribution >= 4 is 21.8 Å². The van der Waals surface area contributed by atoms with Gasteiger partial charge in [0.25, 0.3) is 5.91 Å². The minimum atomic E-state index is -3.92. The summed E-state index contributed by atoms with van der Waals surface area (Å²) in [5.74, 6) is -2.43. The maximum atomic E-state index is 14.6. The molecule has 33 heavy (non-hydrogen) atoms. The van der Waals surface area contributed by atoms with Crippen molar-refractivity contribution in [3.63, 3.8) is 0 Å². The zero-order chi connectivity index (χ0) is 24.2. The Kier molecular flexibility index (Phi) is 7.82. The molecule has 1 aromatic carbocycles. The first-order chi connectivity index (χ1) is 15.6. The molecule has 1 aliphatic rings. The molecule has 2 N–H and O–H groups in total. The van der Waals surface area contributed by atoms with Crippen LogP contribution in [0.25, 0.3) is 11.3 Å². The van der Waals surface area contributed by atoms with Gasteiger partial charge in [0.15, 0.2) is 0 Å². The summed E-state index contributed by atoms with van der Waals surface area (Å²) in [6, 6.07) is 2.90. The van der Waals surface area contributed by atoms with Gasteiger partial charge in [0.1, 0.15) is 12.4 Å². The lowest BCUT2D eigenvalue weighted by atomic mass is 10.0. The van der Waals surface area contributed by atoms with E-state index in [1.54, 1.807) is 35.1 Å². The van der Waals surface area contributed by atoms with Gasteiger partial charge in [-0.1, -0.05) is 0 Å². The summed E-state index contributed by atoms with van der Waals surface area (Å²) in [7, 11) is -0.707. The maximum Gasteiger partial charge on any atom is 0.269 e. The smallest absolute Gasteiger partial charge is 0.269 e. The van der Waals surface area contributed by atoms with Crippen LogP contribution in [0.2, 0.25) is 0 Å². The van der Waals surface area contributed by atoms with Crippen molar-refractivity contribution in [3.05, 3.63) is 41.6 Å². The highest BCUT2D eigenvalue weighted by Crippen LogP contribution is 2.23. The number of aromatic nitrogens is 2. The van der Waals surface area contributed by atoms with Gasteiger partial charge in [-0.3, -0.25) is 15.0 Å². The van der Waals surface area contributed by atoms with Crippen LogP contribution >= 0.6 is 0 Å². The van der Waals surface area contributed by atoms with Crippen LogP contribution in [0.5, 0.6) is 0 Å². The number of benzene rings is 1. The van der Waals surface area contributed by atoms with Crippen molar-refractivity contribution in [1.29, 1.82) is 0 Å². The van der Waals surface area contributed by atoms with Gasteiger partial charge in [0, 0.05) is 39.0 Å². The lowest BCUT2D eigenvalue weighted by molar-refractivity contribution is -0.136. The Morgan fingerprint density at radius 1 is 1.33 bits per heavy atom. The van der Waals surface area contributed by atoms with Crippen LogP contribution in [0.3, 0.4) is 0 Å². The number of nitrogens with zero attached hydrogens (tertiary/aromatic N) is 3. The third-order valence-corrected chi connectivity index (χ3v) is 6.74. The molecule has 1 unspecified atom stereocenters. The van der Waals surface area contributed by atoms with Crippen LogP contribution in [-0.2, 0) is 26.6 Å². The molecule has 0 saturated carbocycles. The molecular formula is C21H28FN5O5S. The first-order valence-electron chi connectivity index (χ1n) is 10.4. The summed E-state index contributed by atoms with van der Waals surface area (Å²) in [6.07, 6.45) is 4.61. The van der Waals surface area contributed by atoms with Crippen molar-refractivity contribution in [2.24, 2.45) is 13.0 Å². The van der Waals surface area contributed by atoms with Gasteiger partial charge in [-0.15, -0.1) is 4.83 Å². The molecule has 0 bridgehead atoms. The zero-order valence-electron chi connectivity index (χ0n) is 18.8. The number of imidazole rings is 1. The monoisotopic (exact) mass is 481 g/mol. The van der Waals surface area contributed by atoms with E-state index < -0.39 is 21.7 Å². The maximum absolute atomic E-state index is 14.6. The summed E-state index contributed by atoms with van der Waals surface area (Å²) in [5.41, 5.74) is 3.11. The van der Waals surface area contributed by atoms with Crippen LogP contribution in [0, 0.1) is 18.7 Å². The van der Waals surface area contributed by atoms with Gasteiger partial charge < -0.3 is 14.2 Å². The molecule has 3 rings (SSSR count). The third-order valence-electron chi connectivity index (χ3n) is 5.41. The molecule has 2 amide bonds. The first-order valence-corrected chi connectivity index (χ1v) is 12.1. The number of hydrazine groups is 1. The highest BCUT2D eigenvalue weighted by atomic mass is 32.2. The van der Waals surface area contributed by atoms with Gasteiger partial charge in [0.2, 0.25) is 15.9 Å². The molecule has 1 aliphatic heterocycles. The van der Waals surface area contributed by atoms with E-state index in [4.69, 9.17) is 4.74 Å². The fourth-order valence-electron chi connectivity index (χ4n) is 3.83. The van der Waals surface area contributed by atoms with E-state index in [2.05, 4.69) is 10.4 Å². The second kappa shape index (κ2) is 10.4. The number of carbonyl (C=O) groups is 2. The Labute approximate surface area is 192 Å². The van der Waals surface area contributed by atoms with Crippen LogP contribution < -0.4 is 10.3 Å². The molecule has 1 atom stereocenters. The predicted molar refractivity (Wildman–Crippen MR) is 119 cm³/mol. The number of methoxy groups -OCH3 is 1. The zero-order valence-corrected chi connectivity index (χ0v) is 19.6. The summed E-state index contributed by atoms with van der Waals surface area (Å²) < 4.78 is 46.2. The topological polar surface area (TPSA) is 123 Å². The Morgan fingerprint density at radius 2 is 2.09 bits per heavy atom. The minimum absolute atomic E-state index is 0.0592. The Morgan fingerprint density at radius 3 is 2.76 bits per heavy atom. The molecule has 1 fully saturated rings.